The molecule has 2 rings (SSSR count). The van der Waals surface area contributed by atoms with Crippen molar-refractivity contribution in [3.63, 3.8) is 0 Å². The van der Waals surface area contributed by atoms with Crippen LogP contribution >= 0.6 is 0 Å². The van der Waals surface area contributed by atoms with E-state index in [1.165, 1.54) is 18.3 Å². The van der Waals surface area contributed by atoms with E-state index in [2.05, 4.69) is 0 Å². The lowest BCUT2D eigenvalue weighted by Crippen LogP contribution is -2.20. The SMILES string of the molecule is CCN(/C=C(\C(=O)c1c(F)c(F)c(F)c(F)c1F)c1ccccc1)CC. The number of Topliss-reactive ketones (excluding diaryl/α,β-unsaturated/α-hetero) is 1. The van der Waals surface area contributed by atoms with Gasteiger partial charge in [-0.25, -0.2) is 22.0 Å². The second-order valence-electron chi connectivity index (χ2n) is 5.40. The van der Waals surface area contributed by atoms with E-state index in [1.807, 2.05) is 0 Å². The van der Waals surface area contributed by atoms with Gasteiger partial charge >= 0.3 is 0 Å². The summed E-state index contributed by atoms with van der Waals surface area (Å²) >= 11 is 0. The molecule has 0 heterocycles. The maximum absolute atomic E-state index is 14.0. The van der Waals surface area contributed by atoms with E-state index >= 15 is 0 Å². The molecule has 0 spiro atoms. The molecule has 0 aromatic heterocycles. The van der Waals surface area contributed by atoms with E-state index in [0.717, 1.165) is 0 Å². The molecule has 2 aromatic carbocycles. The molecule has 26 heavy (non-hydrogen) atoms. The standard InChI is InChI=1S/C19H16F5NO/c1-3-25(4-2)10-12(11-8-6-5-7-9-11)19(26)13-14(20)16(22)18(24)17(23)15(13)21/h5-10H,3-4H2,1-2H3/b12-10-. The van der Waals surface area contributed by atoms with Gasteiger partial charge in [-0.1, -0.05) is 30.3 Å². The summed E-state index contributed by atoms with van der Waals surface area (Å²) in [6, 6.07) is 7.88. The molecule has 0 saturated heterocycles. The number of carbonyl (C=O) groups excluding carboxylic acids is 1. The molecule has 2 aromatic rings. The minimum atomic E-state index is -2.30. The summed E-state index contributed by atoms with van der Waals surface area (Å²) in [6.45, 7) is 4.56. The number of hydrogen-bond acceptors (Lipinski definition) is 2. The molecule has 0 unspecified atom stereocenters. The highest BCUT2D eigenvalue weighted by Gasteiger charge is 2.31. The van der Waals surface area contributed by atoms with Crippen LogP contribution in [0.15, 0.2) is 36.5 Å². The van der Waals surface area contributed by atoms with Gasteiger partial charge in [-0.05, 0) is 19.4 Å². The Balaban J connectivity index is 2.70. The van der Waals surface area contributed by atoms with Crippen molar-refractivity contribution in [1.29, 1.82) is 0 Å². The van der Waals surface area contributed by atoms with Gasteiger partial charge in [0, 0.05) is 24.9 Å². The van der Waals surface area contributed by atoms with Crippen LogP contribution in [0.5, 0.6) is 0 Å². The van der Waals surface area contributed by atoms with Crippen molar-refractivity contribution < 1.29 is 26.7 Å². The summed E-state index contributed by atoms with van der Waals surface area (Å²) in [7, 11) is 0. The Kier molecular flexibility index (Phi) is 6.13. The molecule has 0 N–H and O–H groups in total. The predicted molar refractivity (Wildman–Crippen MR) is 87.9 cm³/mol. The molecular formula is C19H16F5NO. The quantitative estimate of drug-likeness (QED) is 0.236. The van der Waals surface area contributed by atoms with E-state index in [0.29, 0.717) is 18.7 Å². The second kappa shape index (κ2) is 8.12. The zero-order valence-electron chi connectivity index (χ0n) is 14.1. The zero-order valence-corrected chi connectivity index (χ0v) is 14.1. The lowest BCUT2D eigenvalue weighted by molar-refractivity contribution is 0.104. The van der Waals surface area contributed by atoms with Gasteiger partial charge in [0.25, 0.3) is 0 Å². The van der Waals surface area contributed by atoms with E-state index in [9.17, 15) is 26.7 Å². The molecule has 0 saturated carbocycles. The first-order valence-electron chi connectivity index (χ1n) is 7.90. The topological polar surface area (TPSA) is 20.3 Å². The summed E-state index contributed by atoms with van der Waals surface area (Å²) in [5.74, 6) is -12.2. The third kappa shape index (κ3) is 3.61. The fourth-order valence-electron chi connectivity index (χ4n) is 2.41. The van der Waals surface area contributed by atoms with Crippen LogP contribution in [0.3, 0.4) is 0 Å². The lowest BCUT2D eigenvalue weighted by atomic mass is 9.96. The number of halogens is 5. The molecule has 0 amide bonds. The van der Waals surface area contributed by atoms with Crippen molar-refractivity contribution in [2.75, 3.05) is 13.1 Å². The molecular weight excluding hydrogens is 353 g/mol. The van der Waals surface area contributed by atoms with Crippen LogP contribution in [-0.2, 0) is 0 Å². The number of nitrogens with zero attached hydrogens (tertiary/aromatic N) is 1. The van der Waals surface area contributed by atoms with E-state index < -0.39 is 40.4 Å². The van der Waals surface area contributed by atoms with Crippen LogP contribution in [0.4, 0.5) is 22.0 Å². The van der Waals surface area contributed by atoms with Gasteiger partial charge in [0.15, 0.2) is 23.3 Å². The van der Waals surface area contributed by atoms with Gasteiger partial charge in [0.2, 0.25) is 11.6 Å². The average molecular weight is 369 g/mol. The van der Waals surface area contributed by atoms with Gasteiger partial charge in [-0.3, -0.25) is 4.79 Å². The van der Waals surface area contributed by atoms with Crippen molar-refractivity contribution in [1.82, 2.24) is 4.90 Å². The third-order valence-corrected chi connectivity index (χ3v) is 3.89. The van der Waals surface area contributed by atoms with Crippen molar-refractivity contribution in [3.8, 4) is 0 Å². The molecule has 0 aliphatic carbocycles. The summed E-state index contributed by atoms with van der Waals surface area (Å²) in [5.41, 5.74) is -1.34. The highest BCUT2D eigenvalue weighted by molar-refractivity contribution is 6.29. The van der Waals surface area contributed by atoms with Crippen molar-refractivity contribution >= 4 is 11.4 Å². The number of benzene rings is 2. The van der Waals surface area contributed by atoms with Gasteiger partial charge in [-0.15, -0.1) is 0 Å². The smallest absolute Gasteiger partial charge is 0.201 e. The Hall–Kier alpha value is -2.70. The summed E-state index contributed by atoms with van der Waals surface area (Å²) < 4.78 is 68.3. The van der Waals surface area contributed by atoms with Crippen molar-refractivity contribution in [2.24, 2.45) is 0 Å². The Morgan fingerprint density at radius 3 is 1.77 bits per heavy atom. The average Bonchev–Trinajstić information content (AvgIpc) is 2.66. The first-order chi connectivity index (χ1) is 12.3. The van der Waals surface area contributed by atoms with Crippen molar-refractivity contribution in [2.45, 2.75) is 13.8 Å². The highest BCUT2D eigenvalue weighted by atomic mass is 19.2. The molecule has 0 atom stereocenters. The lowest BCUT2D eigenvalue weighted by Gasteiger charge is -2.18. The number of rotatable bonds is 6. The second-order valence-corrected chi connectivity index (χ2v) is 5.40. The number of hydrogen-bond donors (Lipinski definition) is 0. The van der Waals surface area contributed by atoms with Gasteiger partial charge in [0.1, 0.15) is 5.56 Å². The molecule has 0 bridgehead atoms. The normalized spacial score (nSPS) is 11.6. The fraction of sp³-hybridized carbons (Fsp3) is 0.211. The van der Waals surface area contributed by atoms with Crippen LogP contribution in [0, 0.1) is 29.1 Å². The number of allylic oxidation sites excluding steroid dienone is 1. The van der Waals surface area contributed by atoms with Crippen molar-refractivity contribution in [3.05, 3.63) is 76.7 Å². The third-order valence-electron chi connectivity index (χ3n) is 3.89. The predicted octanol–water partition coefficient (Wildman–Crippen LogP) is 4.95. The maximum atomic E-state index is 14.0. The highest BCUT2D eigenvalue weighted by Crippen LogP contribution is 2.28. The Morgan fingerprint density at radius 2 is 1.31 bits per heavy atom. The fourth-order valence-corrected chi connectivity index (χ4v) is 2.41. The van der Waals surface area contributed by atoms with E-state index in [1.54, 1.807) is 36.9 Å². The minimum Gasteiger partial charge on any atom is -0.377 e. The first kappa shape index (κ1) is 19.6. The Morgan fingerprint density at radius 1 is 0.846 bits per heavy atom. The largest absolute Gasteiger partial charge is 0.377 e. The van der Waals surface area contributed by atoms with Crippen LogP contribution in [0.25, 0.3) is 5.57 Å². The molecule has 7 heteroatoms. The summed E-state index contributed by atoms with van der Waals surface area (Å²) in [4.78, 5) is 14.4. The summed E-state index contributed by atoms with van der Waals surface area (Å²) in [6.07, 6.45) is 1.36. The first-order valence-corrected chi connectivity index (χ1v) is 7.90. The van der Waals surface area contributed by atoms with Crippen LogP contribution in [-0.4, -0.2) is 23.8 Å². The molecule has 0 radical (unpaired) electrons. The number of carbonyl (C=O) groups is 1. The molecule has 0 aliphatic rings. The summed E-state index contributed by atoms with van der Waals surface area (Å²) in [5, 5.41) is 0. The number of ketones is 1. The van der Waals surface area contributed by atoms with Crippen LogP contribution in [0.2, 0.25) is 0 Å². The maximum Gasteiger partial charge on any atom is 0.201 e. The van der Waals surface area contributed by atoms with Crippen LogP contribution in [0.1, 0.15) is 29.8 Å². The minimum absolute atomic E-state index is 0.169. The Labute approximate surface area is 147 Å². The molecule has 138 valence electrons. The zero-order chi connectivity index (χ0) is 19.4. The van der Waals surface area contributed by atoms with Gasteiger partial charge in [-0.2, -0.15) is 0 Å². The van der Waals surface area contributed by atoms with E-state index in [4.69, 9.17) is 0 Å². The Bertz CT molecular complexity index is 816. The monoisotopic (exact) mass is 369 g/mol. The van der Waals surface area contributed by atoms with Crippen LogP contribution < -0.4 is 0 Å². The van der Waals surface area contributed by atoms with Gasteiger partial charge in [0.05, 0.1) is 0 Å². The molecule has 0 aliphatic heterocycles. The van der Waals surface area contributed by atoms with E-state index in [-0.39, 0.29) is 5.57 Å². The van der Waals surface area contributed by atoms with Gasteiger partial charge < -0.3 is 4.90 Å². The molecule has 0 fully saturated rings. The molecule has 2 nitrogen and oxygen atoms in total.